The molecule has 0 bridgehead atoms. The van der Waals surface area contributed by atoms with E-state index in [0.29, 0.717) is 24.1 Å². The molecule has 1 aromatic heterocycles. The molecule has 1 aliphatic rings. The van der Waals surface area contributed by atoms with Gasteiger partial charge in [-0.05, 0) is 24.3 Å². The molecule has 0 saturated carbocycles. The van der Waals surface area contributed by atoms with Crippen LogP contribution in [0.2, 0.25) is 0 Å². The van der Waals surface area contributed by atoms with Crippen molar-refractivity contribution in [3.63, 3.8) is 0 Å². The second-order valence-electron chi connectivity index (χ2n) is 6.65. The molecule has 0 unspecified atom stereocenters. The van der Waals surface area contributed by atoms with Gasteiger partial charge < -0.3 is 15.6 Å². The summed E-state index contributed by atoms with van der Waals surface area (Å²) in [6.07, 6.45) is 0. The van der Waals surface area contributed by atoms with E-state index in [-0.39, 0.29) is 11.7 Å². The molecule has 0 radical (unpaired) electrons. The van der Waals surface area contributed by atoms with Crippen LogP contribution in [-0.2, 0) is 4.79 Å². The van der Waals surface area contributed by atoms with Crippen LogP contribution in [0.4, 0.5) is 5.69 Å². The van der Waals surface area contributed by atoms with Gasteiger partial charge in [-0.15, -0.1) is 10.2 Å². The Morgan fingerprint density at radius 1 is 1.00 bits per heavy atom. The van der Waals surface area contributed by atoms with Crippen molar-refractivity contribution in [3.05, 3.63) is 59.1 Å². The van der Waals surface area contributed by atoms with Crippen LogP contribution in [0.1, 0.15) is 0 Å². The predicted octanol–water partition coefficient (Wildman–Crippen LogP) is 2.86. The minimum absolute atomic E-state index is 0.0909. The molecule has 0 spiro atoms. The summed E-state index contributed by atoms with van der Waals surface area (Å²) in [6.45, 7) is 3.09. The molecule has 2 aromatic carbocycles. The van der Waals surface area contributed by atoms with Crippen LogP contribution in [0.15, 0.2) is 64.2 Å². The lowest BCUT2D eigenvalue weighted by molar-refractivity contribution is -0.128. The Labute approximate surface area is 182 Å². The molecule has 1 fully saturated rings. The molecule has 2 N–H and O–H groups in total. The number of anilines is 1. The number of rotatable bonds is 5. The van der Waals surface area contributed by atoms with Gasteiger partial charge in [-0.25, -0.2) is 4.68 Å². The second kappa shape index (κ2) is 8.87. The number of amides is 1. The minimum Gasteiger partial charge on any atom is -0.368 e. The van der Waals surface area contributed by atoms with E-state index >= 15 is 0 Å². The zero-order valence-corrected chi connectivity index (χ0v) is 18.1. The molecule has 2 heterocycles. The normalized spacial score (nSPS) is 14.2. The monoisotopic (exact) mass is 472 g/mol. The third kappa shape index (κ3) is 4.40. The summed E-state index contributed by atoms with van der Waals surface area (Å²) in [5.41, 5.74) is 2.06. The standard InChI is InChI=1S/C20H21BrN6OS/c21-17-9-5-4-8-16(17)19-23-24-20(27(19)22)29-14-18(28)26-12-10-25(11-13-26)15-6-2-1-3-7-15/h1-9H,10-14,22H2. The van der Waals surface area contributed by atoms with Gasteiger partial charge in [0.05, 0.1) is 5.75 Å². The molecule has 29 heavy (non-hydrogen) atoms. The van der Waals surface area contributed by atoms with Gasteiger partial charge in [0.2, 0.25) is 11.1 Å². The van der Waals surface area contributed by atoms with Crippen LogP contribution in [0, 0.1) is 0 Å². The van der Waals surface area contributed by atoms with Crippen molar-refractivity contribution in [2.24, 2.45) is 0 Å². The van der Waals surface area contributed by atoms with E-state index in [1.54, 1.807) is 0 Å². The molecule has 4 rings (SSSR count). The number of benzene rings is 2. The summed E-state index contributed by atoms with van der Waals surface area (Å²) in [7, 11) is 0. The largest absolute Gasteiger partial charge is 0.368 e. The van der Waals surface area contributed by atoms with E-state index in [0.717, 1.165) is 23.1 Å². The van der Waals surface area contributed by atoms with Crippen LogP contribution >= 0.6 is 27.7 Å². The number of hydrogen-bond donors (Lipinski definition) is 1. The lowest BCUT2D eigenvalue weighted by atomic mass is 10.2. The molecule has 7 nitrogen and oxygen atoms in total. The molecule has 3 aromatic rings. The molecular formula is C20H21BrN6OS. The molecular weight excluding hydrogens is 452 g/mol. The Morgan fingerprint density at radius 2 is 1.69 bits per heavy atom. The highest BCUT2D eigenvalue weighted by Gasteiger charge is 2.22. The summed E-state index contributed by atoms with van der Waals surface area (Å²) in [6, 6.07) is 18.0. The molecule has 0 aliphatic carbocycles. The first kappa shape index (κ1) is 19.8. The highest BCUT2D eigenvalue weighted by Crippen LogP contribution is 2.28. The SMILES string of the molecule is Nn1c(SCC(=O)N2CCN(c3ccccc3)CC2)nnc1-c1ccccc1Br. The summed E-state index contributed by atoms with van der Waals surface area (Å²) in [4.78, 5) is 16.8. The quantitative estimate of drug-likeness (QED) is 0.454. The average molecular weight is 473 g/mol. The lowest BCUT2D eigenvalue weighted by Gasteiger charge is -2.36. The lowest BCUT2D eigenvalue weighted by Crippen LogP contribution is -2.49. The van der Waals surface area contributed by atoms with Crippen molar-refractivity contribution in [2.75, 3.05) is 42.7 Å². The first-order valence-electron chi connectivity index (χ1n) is 9.29. The maximum absolute atomic E-state index is 12.6. The average Bonchev–Trinajstić information content (AvgIpc) is 3.13. The van der Waals surface area contributed by atoms with E-state index in [2.05, 4.69) is 43.2 Å². The molecule has 1 aliphatic heterocycles. The van der Waals surface area contributed by atoms with Crippen LogP contribution in [0.3, 0.4) is 0 Å². The van der Waals surface area contributed by atoms with Gasteiger partial charge in [0.15, 0.2) is 5.82 Å². The molecule has 9 heteroatoms. The van der Waals surface area contributed by atoms with E-state index in [1.165, 1.54) is 22.1 Å². The smallest absolute Gasteiger partial charge is 0.233 e. The Bertz CT molecular complexity index is 988. The van der Waals surface area contributed by atoms with Crippen LogP contribution in [0.25, 0.3) is 11.4 Å². The number of nitrogens with zero attached hydrogens (tertiary/aromatic N) is 5. The number of thioether (sulfide) groups is 1. The third-order valence-electron chi connectivity index (χ3n) is 4.86. The Hall–Kier alpha value is -2.52. The van der Waals surface area contributed by atoms with Gasteiger partial charge in [0.25, 0.3) is 0 Å². The number of halogens is 1. The molecule has 1 amide bonds. The van der Waals surface area contributed by atoms with Crippen molar-refractivity contribution >= 4 is 39.3 Å². The Balaban J connectivity index is 1.33. The highest BCUT2D eigenvalue weighted by atomic mass is 79.9. The van der Waals surface area contributed by atoms with Crippen LogP contribution in [0.5, 0.6) is 0 Å². The number of aromatic nitrogens is 3. The summed E-state index contributed by atoms with van der Waals surface area (Å²) < 4.78 is 2.33. The van der Waals surface area contributed by atoms with Crippen molar-refractivity contribution in [2.45, 2.75) is 5.16 Å². The first-order valence-corrected chi connectivity index (χ1v) is 11.1. The number of carbonyl (C=O) groups is 1. The van der Waals surface area contributed by atoms with Crippen LogP contribution < -0.4 is 10.7 Å². The Morgan fingerprint density at radius 3 is 2.41 bits per heavy atom. The maximum atomic E-state index is 12.6. The van der Waals surface area contributed by atoms with Crippen LogP contribution in [-0.4, -0.2) is 57.6 Å². The van der Waals surface area contributed by atoms with Crippen molar-refractivity contribution in [1.82, 2.24) is 19.8 Å². The molecule has 0 atom stereocenters. The van der Waals surface area contributed by atoms with Gasteiger partial charge in [0.1, 0.15) is 0 Å². The van der Waals surface area contributed by atoms with E-state index < -0.39 is 0 Å². The minimum atomic E-state index is 0.0909. The number of nitrogen functional groups attached to an aromatic ring is 1. The van der Waals surface area contributed by atoms with Gasteiger partial charge in [-0.3, -0.25) is 4.79 Å². The highest BCUT2D eigenvalue weighted by molar-refractivity contribution is 9.10. The van der Waals surface area contributed by atoms with E-state index in [1.807, 2.05) is 47.4 Å². The topological polar surface area (TPSA) is 80.3 Å². The van der Waals surface area contributed by atoms with Gasteiger partial charge >= 0.3 is 0 Å². The zero-order chi connectivity index (χ0) is 20.2. The zero-order valence-electron chi connectivity index (χ0n) is 15.7. The Kier molecular flexibility index (Phi) is 6.05. The first-order chi connectivity index (χ1) is 14.1. The summed E-state index contributed by atoms with van der Waals surface area (Å²) in [5, 5.41) is 8.86. The number of hydrogen-bond acceptors (Lipinski definition) is 6. The predicted molar refractivity (Wildman–Crippen MR) is 119 cm³/mol. The summed E-state index contributed by atoms with van der Waals surface area (Å²) in [5.74, 6) is 7.11. The van der Waals surface area contributed by atoms with Crippen molar-refractivity contribution in [3.8, 4) is 11.4 Å². The second-order valence-corrected chi connectivity index (χ2v) is 8.44. The number of para-hydroxylation sites is 1. The number of piperazine rings is 1. The number of nitrogens with two attached hydrogens (primary N) is 1. The molecule has 150 valence electrons. The fourth-order valence-corrected chi connectivity index (χ4v) is 4.49. The fraction of sp³-hybridized carbons (Fsp3) is 0.250. The van der Waals surface area contributed by atoms with E-state index in [9.17, 15) is 4.79 Å². The van der Waals surface area contributed by atoms with Crippen molar-refractivity contribution < 1.29 is 4.79 Å². The fourth-order valence-electron chi connectivity index (χ4n) is 3.27. The third-order valence-corrected chi connectivity index (χ3v) is 6.48. The summed E-state index contributed by atoms with van der Waals surface area (Å²) >= 11 is 4.82. The molecule has 1 saturated heterocycles. The van der Waals surface area contributed by atoms with Gasteiger partial charge in [-0.1, -0.05) is 58.0 Å². The van der Waals surface area contributed by atoms with E-state index in [4.69, 9.17) is 5.84 Å². The maximum Gasteiger partial charge on any atom is 0.233 e. The van der Waals surface area contributed by atoms with Gasteiger partial charge in [0, 0.05) is 41.9 Å². The number of carbonyl (C=O) groups excluding carboxylic acids is 1. The van der Waals surface area contributed by atoms with Crippen molar-refractivity contribution in [1.29, 1.82) is 0 Å². The van der Waals surface area contributed by atoms with Gasteiger partial charge in [-0.2, -0.15) is 0 Å².